The molecule has 0 radical (unpaired) electrons. The summed E-state index contributed by atoms with van der Waals surface area (Å²) in [6.07, 6.45) is 0. The lowest BCUT2D eigenvalue weighted by Gasteiger charge is -2.27. The Kier molecular flexibility index (Phi) is 6.79. The molecular weight excluding hydrogens is 381 g/mol. The Hall–Kier alpha value is -2.45. The molecule has 0 saturated carbocycles. The van der Waals surface area contributed by atoms with Crippen LogP contribution in [0, 0.1) is 19.7 Å². The van der Waals surface area contributed by atoms with Gasteiger partial charge in [0.2, 0.25) is 5.91 Å². The van der Waals surface area contributed by atoms with Crippen LogP contribution in [0.2, 0.25) is 0 Å². The maximum Gasteiger partial charge on any atom is 0.304 e. The number of hydrogen-bond acceptors (Lipinski definition) is 3. The number of carbonyl (C=O) groups excluding carboxylic acids is 1. The standard InChI is InChI=1S/C20H26FN3O3S/c1-14-10-11-17(12-15(14)2)16(3)22-20(25)13-24(28(26,27)23(4)5)19-9-7-6-8-18(19)21/h6-12,16H,13H2,1-5H3,(H,22,25)/t16-/m0/s1. The lowest BCUT2D eigenvalue weighted by atomic mass is 10.0. The van der Waals surface area contributed by atoms with Crippen LogP contribution in [0.5, 0.6) is 0 Å². The molecule has 0 aliphatic carbocycles. The Morgan fingerprint density at radius 2 is 1.75 bits per heavy atom. The number of hydrogen-bond donors (Lipinski definition) is 1. The lowest BCUT2D eigenvalue weighted by Crippen LogP contribution is -2.46. The highest BCUT2D eigenvalue weighted by molar-refractivity contribution is 7.90. The molecule has 1 N–H and O–H groups in total. The van der Waals surface area contributed by atoms with Crippen molar-refractivity contribution in [3.05, 3.63) is 65.0 Å². The molecule has 6 nitrogen and oxygen atoms in total. The Morgan fingerprint density at radius 1 is 1.11 bits per heavy atom. The third-order valence-electron chi connectivity index (χ3n) is 4.56. The number of carbonyl (C=O) groups is 1. The van der Waals surface area contributed by atoms with Crippen molar-refractivity contribution >= 4 is 21.8 Å². The number of amides is 1. The summed E-state index contributed by atoms with van der Waals surface area (Å²) in [6.45, 7) is 5.27. The smallest absolute Gasteiger partial charge is 0.304 e. The van der Waals surface area contributed by atoms with Crippen LogP contribution in [0.3, 0.4) is 0 Å². The van der Waals surface area contributed by atoms with Gasteiger partial charge in [0.25, 0.3) is 0 Å². The minimum Gasteiger partial charge on any atom is -0.348 e. The van der Waals surface area contributed by atoms with Gasteiger partial charge >= 0.3 is 10.2 Å². The zero-order valence-corrected chi connectivity index (χ0v) is 17.5. The number of nitrogens with zero attached hydrogens (tertiary/aromatic N) is 2. The summed E-state index contributed by atoms with van der Waals surface area (Å²) in [5, 5.41) is 2.79. The molecule has 0 saturated heterocycles. The molecule has 2 rings (SSSR count). The molecule has 2 aromatic rings. The summed E-state index contributed by atoms with van der Waals surface area (Å²) in [4.78, 5) is 12.6. The summed E-state index contributed by atoms with van der Waals surface area (Å²) in [5.74, 6) is -1.25. The Labute approximate surface area is 166 Å². The Balaban J connectivity index is 2.25. The van der Waals surface area contributed by atoms with Gasteiger partial charge in [0.05, 0.1) is 11.7 Å². The number of aryl methyl sites for hydroxylation is 2. The first-order chi connectivity index (χ1) is 13.0. The molecule has 0 aromatic heterocycles. The van der Waals surface area contributed by atoms with Crippen LogP contribution >= 0.6 is 0 Å². The lowest BCUT2D eigenvalue weighted by molar-refractivity contribution is -0.120. The molecule has 2 aromatic carbocycles. The van der Waals surface area contributed by atoms with E-state index in [-0.39, 0.29) is 11.7 Å². The fourth-order valence-corrected chi connectivity index (χ4v) is 3.75. The first-order valence-corrected chi connectivity index (χ1v) is 10.2. The quantitative estimate of drug-likeness (QED) is 0.767. The number of para-hydroxylation sites is 1. The number of rotatable bonds is 7. The average Bonchev–Trinajstić information content (AvgIpc) is 2.62. The van der Waals surface area contributed by atoms with Gasteiger partial charge in [-0.1, -0.05) is 30.3 Å². The van der Waals surface area contributed by atoms with Crippen LogP contribution in [0.25, 0.3) is 0 Å². The average molecular weight is 408 g/mol. The van der Waals surface area contributed by atoms with E-state index in [9.17, 15) is 17.6 Å². The molecule has 0 fully saturated rings. The minimum atomic E-state index is -4.06. The number of benzene rings is 2. The second kappa shape index (κ2) is 8.70. The van der Waals surface area contributed by atoms with Crippen LogP contribution in [0.4, 0.5) is 10.1 Å². The van der Waals surface area contributed by atoms with E-state index in [1.807, 2.05) is 39.0 Å². The fourth-order valence-electron chi connectivity index (χ4n) is 2.68. The molecule has 152 valence electrons. The van der Waals surface area contributed by atoms with Gasteiger partial charge in [-0.3, -0.25) is 4.79 Å². The van der Waals surface area contributed by atoms with Crippen LogP contribution < -0.4 is 9.62 Å². The third-order valence-corrected chi connectivity index (χ3v) is 6.36. The third kappa shape index (κ3) is 4.88. The van der Waals surface area contributed by atoms with Crippen LogP contribution in [0.1, 0.15) is 29.7 Å². The summed E-state index contributed by atoms with van der Waals surface area (Å²) in [6, 6.07) is 11.0. The van der Waals surface area contributed by atoms with Gasteiger partial charge in [0, 0.05) is 14.1 Å². The molecule has 0 heterocycles. The van der Waals surface area contributed by atoms with E-state index in [1.54, 1.807) is 0 Å². The van der Waals surface area contributed by atoms with Crippen molar-refractivity contribution in [1.29, 1.82) is 0 Å². The van der Waals surface area contributed by atoms with E-state index in [0.29, 0.717) is 0 Å². The maximum absolute atomic E-state index is 14.2. The van der Waals surface area contributed by atoms with Gasteiger partial charge in [-0.2, -0.15) is 12.7 Å². The summed E-state index contributed by atoms with van der Waals surface area (Å²) < 4.78 is 41.3. The van der Waals surface area contributed by atoms with Crippen molar-refractivity contribution < 1.29 is 17.6 Å². The molecule has 1 amide bonds. The zero-order chi connectivity index (χ0) is 21.1. The molecule has 1 atom stereocenters. The Bertz CT molecular complexity index is 961. The van der Waals surface area contributed by atoms with Gasteiger partial charge < -0.3 is 5.32 Å². The van der Waals surface area contributed by atoms with Crippen LogP contribution in [-0.2, 0) is 15.0 Å². The highest BCUT2D eigenvalue weighted by atomic mass is 32.2. The second-order valence-corrected chi connectivity index (χ2v) is 8.95. The summed E-state index contributed by atoms with van der Waals surface area (Å²) in [5.41, 5.74) is 2.97. The molecule has 0 aliphatic heterocycles. The maximum atomic E-state index is 14.2. The first kappa shape index (κ1) is 21.8. The van der Waals surface area contributed by atoms with Crippen molar-refractivity contribution in [3.63, 3.8) is 0 Å². The van der Waals surface area contributed by atoms with Gasteiger partial charge in [0.1, 0.15) is 12.4 Å². The molecule has 0 spiro atoms. The van der Waals surface area contributed by atoms with E-state index in [1.165, 1.54) is 32.3 Å². The van der Waals surface area contributed by atoms with E-state index >= 15 is 0 Å². The SMILES string of the molecule is Cc1ccc([C@H](C)NC(=O)CN(c2ccccc2F)S(=O)(=O)N(C)C)cc1C. The van der Waals surface area contributed by atoms with Crippen molar-refractivity contribution in [3.8, 4) is 0 Å². The molecular formula is C20H26FN3O3S. The van der Waals surface area contributed by atoms with Crippen molar-refractivity contribution in [2.24, 2.45) is 0 Å². The normalized spacial score (nSPS) is 12.7. The Morgan fingerprint density at radius 3 is 2.32 bits per heavy atom. The number of nitrogens with one attached hydrogen (secondary N) is 1. The van der Waals surface area contributed by atoms with Gasteiger partial charge in [-0.05, 0) is 49.6 Å². The van der Waals surface area contributed by atoms with Crippen molar-refractivity contribution in [2.45, 2.75) is 26.8 Å². The molecule has 0 unspecified atom stereocenters. The predicted molar refractivity (Wildman–Crippen MR) is 109 cm³/mol. The van der Waals surface area contributed by atoms with Gasteiger partial charge in [0.15, 0.2) is 0 Å². The van der Waals surface area contributed by atoms with E-state index in [2.05, 4.69) is 5.32 Å². The van der Waals surface area contributed by atoms with E-state index in [0.717, 1.165) is 31.4 Å². The molecule has 28 heavy (non-hydrogen) atoms. The van der Waals surface area contributed by atoms with E-state index < -0.39 is 28.5 Å². The summed E-state index contributed by atoms with van der Waals surface area (Å²) >= 11 is 0. The van der Waals surface area contributed by atoms with E-state index in [4.69, 9.17) is 0 Å². The number of halogens is 1. The molecule has 0 aliphatic rings. The molecule has 0 bridgehead atoms. The highest BCUT2D eigenvalue weighted by Gasteiger charge is 2.29. The zero-order valence-electron chi connectivity index (χ0n) is 16.7. The van der Waals surface area contributed by atoms with Crippen LogP contribution in [0.15, 0.2) is 42.5 Å². The first-order valence-electron chi connectivity index (χ1n) is 8.85. The van der Waals surface area contributed by atoms with Crippen molar-refractivity contribution in [1.82, 2.24) is 9.62 Å². The number of anilines is 1. The summed E-state index contributed by atoms with van der Waals surface area (Å²) in [7, 11) is -1.39. The second-order valence-electron chi connectivity index (χ2n) is 6.88. The minimum absolute atomic E-state index is 0.176. The highest BCUT2D eigenvalue weighted by Crippen LogP contribution is 2.23. The van der Waals surface area contributed by atoms with Gasteiger partial charge in [-0.15, -0.1) is 0 Å². The van der Waals surface area contributed by atoms with Crippen LogP contribution in [-0.4, -0.2) is 39.3 Å². The van der Waals surface area contributed by atoms with Gasteiger partial charge in [-0.25, -0.2) is 8.70 Å². The van der Waals surface area contributed by atoms with Crippen molar-refractivity contribution in [2.75, 3.05) is 24.9 Å². The topological polar surface area (TPSA) is 69.7 Å². The monoisotopic (exact) mass is 407 g/mol. The predicted octanol–water partition coefficient (Wildman–Crippen LogP) is 2.93. The largest absolute Gasteiger partial charge is 0.348 e. The molecule has 8 heteroatoms. The fraction of sp³-hybridized carbons (Fsp3) is 0.350.